The predicted octanol–water partition coefficient (Wildman–Crippen LogP) is 5.00. The summed E-state index contributed by atoms with van der Waals surface area (Å²) >= 11 is 0. The van der Waals surface area contributed by atoms with Gasteiger partial charge >= 0.3 is 5.97 Å². The van der Waals surface area contributed by atoms with Crippen LogP contribution in [-0.4, -0.2) is 81.1 Å². The molecule has 1 amide bonds. The maximum Gasteiger partial charge on any atom is 0.342 e. The summed E-state index contributed by atoms with van der Waals surface area (Å²) in [6, 6.07) is 3.32. The van der Waals surface area contributed by atoms with E-state index in [0.29, 0.717) is 36.7 Å². The molecule has 0 aliphatic carbocycles. The van der Waals surface area contributed by atoms with E-state index in [4.69, 9.17) is 34.3 Å². The van der Waals surface area contributed by atoms with Crippen LogP contribution < -0.4 is 15.2 Å². The van der Waals surface area contributed by atoms with Crippen molar-refractivity contribution in [2.45, 2.75) is 91.7 Å². The quantitative estimate of drug-likeness (QED) is 0.0545. The summed E-state index contributed by atoms with van der Waals surface area (Å²) in [5.74, 6) is 0.0632. The molecule has 11 nitrogen and oxygen atoms in total. The highest BCUT2D eigenvalue weighted by Gasteiger charge is 2.24. The van der Waals surface area contributed by atoms with Crippen LogP contribution in [0.1, 0.15) is 89.1 Å². The van der Waals surface area contributed by atoms with Gasteiger partial charge in [-0.25, -0.2) is 4.79 Å². The van der Waals surface area contributed by atoms with Crippen molar-refractivity contribution in [3.05, 3.63) is 35.4 Å². The van der Waals surface area contributed by atoms with Crippen molar-refractivity contribution in [2.75, 3.05) is 46.5 Å². The molecule has 1 aromatic rings. The van der Waals surface area contributed by atoms with Gasteiger partial charge in [0.15, 0.2) is 20.2 Å². The molecule has 11 heteroatoms. The molecule has 2 atom stereocenters. The highest BCUT2D eigenvalue weighted by Crippen LogP contribution is 2.31. The predicted molar refractivity (Wildman–Crippen MR) is 165 cm³/mol. The van der Waals surface area contributed by atoms with E-state index >= 15 is 0 Å². The van der Waals surface area contributed by atoms with Gasteiger partial charge in [0.25, 0.3) is 5.91 Å². The van der Waals surface area contributed by atoms with E-state index in [1.54, 1.807) is 24.0 Å². The molecule has 2 N–H and O–H groups in total. The Labute approximate surface area is 256 Å². The highest BCUT2D eigenvalue weighted by atomic mass is 16.7. The lowest BCUT2D eigenvalue weighted by Crippen LogP contribution is -2.37. The summed E-state index contributed by atoms with van der Waals surface area (Å²) in [4.78, 5) is 33.3. The summed E-state index contributed by atoms with van der Waals surface area (Å²) in [5, 5.41) is 4.16. The molecule has 1 heterocycles. The number of piperidine rings is 1. The van der Waals surface area contributed by atoms with Crippen LogP contribution in [0.3, 0.4) is 0 Å². The second kappa shape index (κ2) is 20.7. The molecule has 0 aromatic heterocycles. The van der Waals surface area contributed by atoms with Gasteiger partial charge in [-0.05, 0) is 65.0 Å². The number of oxime groups is 1. The zero-order valence-corrected chi connectivity index (χ0v) is 26.6. The highest BCUT2D eigenvalue weighted by molar-refractivity contribution is 5.97. The van der Waals surface area contributed by atoms with Crippen LogP contribution in [0.5, 0.6) is 11.5 Å². The number of carbonyl (C=O) groups excluding carboxylic acids is 2. The Bertz CT molecular complexity index is 1040. The van der Waals surface area contributed by atoms with Crippen molar-refractivity contribution in [1.82, 2.24) is 4.90 Å². The average molecular weight is 606 g/mol. The number of hydrogen-bond acceptors (Lipinski definition) is 10. The number of nitrogens with zero attached hydrogens (tertiary/aromatic N) is 2. The van der Waals surface area contributed by atoms with Crippen LogP contribution in [0.2, 0.25) is 0 Å². The van der Waals surface area contributed by atoms with Gasteiger partial charge in [0.2, 0.25) is 0 Å². The monoisotopic (exact) mass is 605 g/mol. The van der Waals surface area contributed by atoms with Crippen LogP contribution in [0.4, 0.5) is 0 Å². The van der Waals surface area contributed by atoms with Crippen LogP contribution in [0.25, 0.3) is 0 Å². The van der Waals surface area contributed by atoms with Crippen LogP contribution in [0.15, 0.2) is 29.4 Å². The Hall–Kier alpha value is -3.15. The molecule has 1 saturated heterocycles. The summed E-state index contributed by atoms with van der Waals surface area (Å²) in [6.07, 6.45) is 9.25. The minimum absolute atomic E-state index is 0.0260. The molecular formula is C32H51N3O8. The number of carbonyl (C=O) groups is 2. The summed E-state index contributed by atoms with van der Waals surface area (Å²) in [6.45, 7) is 11.6. The van der Waals surface area contributed by atoms with Crippen molar-refractivity contribution < 1.29 is 38.1 Å². The smallest absolute Gasteiger partial charge is 0.342 e. The Morgan fingerprint density at radius 3 is 2.42 bits per heavy atom. The largest absolute Gasteiger partial charge is 0.467 e. The van der Waals surface area contributed by atoms with Gasteiger partial charge in [0.1, 0.15) is 23.2 Å². The first kappa shape index (κ1) is 36.0. The molecule has 0 unspecified atom stereocenters. The van der Waals surface area contributed by atoms with Gasteiger partial charge in [0.05, 0.1) is 5.71 Å². The van der Waals surface area contributed by atoms with Crippen LogP contribution >= 0.6 is 0 Å². The molecule has 1 aromatic carbocycles. The first-order chi connectivity index (χ1) is 20.8. The zero-order valence-electron chi connectivity index (χ0n) is 26.6. The van der Waals surface area contributed by atoms with Gasteiger partial charge in [-0.15, -0.1) is 0 Å². The van der Waals surface area contributed by atoms with Crippen LogP contribution in [0, 0.1) is 0 Å². The van der Waals surface area contributed by atoms with E-state index in [1.165, 1.54) is 0 Å². The fourth-order valence-corrected chi connectivity index (χ4v) is 4.50. The lowest BCUT2D eigenvalue weighted by atomic mass is 10.0. The van der Waals surface area contributed by atoms with Crippen molar-refractivity contribution in [3.8, 4) is 11.5 Å². The third-order valence-electron chi connectivity index (χ3n) is 6.72. The molecular weight excluding hydrogens is 554 g/mol. The number of esters is 1. The van der Waals surface area contributed by atoms with E-state index < -0.39 is 12.1 Å². The van der Waals surface area contributed by atoms with Crippen LogP contribution in [-0.2, 0) is 30.3 Å². The fraction of sp³-hybridized carbons (Fsp3) is 0.656. The van der Waals surface area contributed by atoms with E-state index in [-0.39, 0.29) is 49.9 Å². The van der Waals surface area contributed by atoms with Crippen molar-refractivity contribution >= 4 is 17.6 Å². The number of rotatable bonds is 20. The maximum atomic E-state index is 13.6. The molecule has 43 heavy (non-hydrogen) atoms. The van der Waals surface area contributed by atoms with E-state index in [9.17, 15) is 9.59 Å². The molecule has 1 aliphatic heterocycles. The van der Waals surface area contributed by atoms with Crippen molar-refractivity contribution in [1.29, 1.82) is 0 Å². The van der Waals surface area contributed by atoms with Gasteiger partial charge in [0, 0.05) is 51.3 Å². The summed E-state index contributed by atoms with van der Waals surface area (Å²) in [5.41, 5.74) is 7.42. The molecule has 1 fully saturated rings. The van der Waals surface area contributed by atoms with Gasteiger partial charge in [-0.2, -0.15) is 0 Å². The standard InChI is InChI=1S/C32H51N3O8/c1-6-13-27(33)15-12-14-25(5)43-32(37)31-26(18-24(4)34-42-21-30(36)35-16-10-9-11-17-35)19-28(40-22-38-7-2)20-29(31)41-23-39-8-3/h12,15,19-20,25,27H,6-11,13-14,16-18,21-23,33H2,1-5H3/b15-12+,34-24-/t25-,27+/m1/s1. The maximum absolute atomic E-state index is 13.6. The molecule has 0 spiro atoms. The number of ether oxygens (including phenoxy) is 5. The minimum Gasteiger partial charge on any atom is -0.467 e. The molecule has 1 aliphatic rings. The molecule has 0 saturated carbocycles. The molecule has 2 rings (SSSR count). The number of amides is 1. The Balaban J connectivity index is 2.27. The average Bonchev–Trinajstić information content (AvgIpc) is 2.98. The lowest BCUT2D eigenvalue weighted by molar-refractivity contribution is -0.137. The van der Waals surface area contributed by atoms with E-state index in [1.807, 2.05) is 32.9 Å². The first-order valence-electron chi connectivity index (χ1n) is 15.4. The fourth-order valence-electron chi connectivity index (χ4n) is 4.50. The minimum atomic E-state index is -0.550. The van der Waals surface area contributed by atoms with E-state index in [2.05, 4.69) is 12.1 Å². The molecule has 0 bridgehead atoms. The Kier molecular flexibility index (Phi) is 17.4. The van der Waals surface area contributed by atoms with Crippen molar-refractivity contribution in [2.24, 2.45) is 10.9 Å². The van der Waals surface area contributed by atoms with E-state index in [0.717, 1.165) is 45.2 Å². The topological polar surface area (TPSA) is 131 Å². The summed E-state index contributed by atoms with van der Waals surface area (Å²) < 4.78 is 28.2. The third-order valence-corrected chi connectivity index (χ3v) is 6.72. The third kappa shape index (κ3) is 13.8. The lowest BCUT2D eigenvalue weighted by Gasteiger charge is -2.26. The van der Waals surface area contributed by atoms with Gasteiger partial charge in [-0.3, -0.25) is 4.79 Å². The SMILES string of the molecule is CCC[C@H](N)/C=C/C[C@@H](C)OC(=O)c1c(C/C(C)=N\OCC(=O)N2CCCCC2)cc(OCOCC)cc1OCOCC. The number of benzene rings is 1. The van der Waals surface area contributed by atoms with Gasteiger partial charge < -0.3 is 39.2 Å². The number of likely N-dealkylation sites (tertiary alicyclic amines) is 1. The summed E-state index contributed by atoms with van der Waals surface area (Å²) in [7, 11) is 0. The normalized spacial score (nSPS) is 15.3. The molecule has 0 radical (unpaired) electrons. The number of hydrogen-bond donors (Lipinski definition) is 1. The zero-order chi connectivity index (χ0) is 31.5. The Morgan fingerprint density at radius 1 is 1.05 bits per heavy atom. The second-order valence-corrected chi connectivity index (χ2v) is 10.5. The van der Waals surface area contributed by atoms with Gasteiger partial charge in [-0.1, -0.05) is 30.7 Å². The second-order valence-electron chi connectivity index (χ2n) is 10.5. The first-order valence-corrected chi connectivity index (χ1v) is 15.4. The number of nitrogens with two attached hydrogens (primary N) is 1. The molecule has 242 valence electrons. The Morgan fingerprint density at radius 2 is 1.74 bits per heavy atom. The van der Waals surface area contributed by atoms with Crippen molar-refractivity contribution in [3.63, 3.8) is 0 Å².